The highest BCUT2D eigenvalue weighted by atomic mass is 35.5. The largest absolute Gasteiger partial charge is 0.385 e. The maximum absolute atomic E-state index is 10.5. The van der Waals surface area contributed by atoms with Crippen molar-refractivity contribution in [2.75, 3.05) is 0 Å². The minimum atomic E-state index is -0.922. The van der Waals surface area contributed by atoms with Crippen LogP contribution in [0.4, 0.5) is 0 Å². The van der Waals surface area contributed by atoms with Gasteiger partial charge in [0.15, 0.2) is 0 Å². The fourth-order valence-electron chi connectivity index (χ4n) is 2.02. The number of benzene rings is 1. The first-order chi connectivity index (χ1) is 8.49. The minimum absolute atomic E-state index is 0.605. The molecule has 2 rings (SSSR count). The van der Waals surface area contributed by atoms with Gasteiger partial charge in [-0.2, -0.15) is 5.10 Å². The first-order valence-corrected chi connectivity index (χ1v) is 6.32. The van der Waals surface area contributed by atoms with Crippen LogP contribution >= 0.6 is 11.6 Å². The number of aromatic nitrogens is 2. The zero-order chi connectivity index (χ0) is 13.2. The molecule has 4 heteroatoms. The molecule has 0 aliphatic heterocycles. The average Bonchev–Trinajstić information content (AvgIpc) is 2.73. The molecular weight excluding hydrogens is 248 g/mol. The normalized spacial score (nSPS) is 14.4. The molecule has 1 N–H and O–H groups in total. The second-order valence-electron chi connectivity index (χ2n) is 4.78. The molecule has 0 spiro atoms. The second-order valence-corrected chi connectivity index (χ2v) is 5.18. The van der Waals surface area contributed by atoms with Crippen molar-refractivity contribution in [2.45, 2.75) is 25.4 Å². The molecule has 96 valence electrons. The van der Waals surface area contributed by atoms with Crippen molar-refractivity contribution in [3.63, 3.8) is 0 Å². The topological polar surface area (TPSA) is 38.0 Å². The molecule has 0 aliphatic carbocycles. The first kappa shape index (κ1) is 13.1. The van der Waals surface area contributed by atoms with Crippen molar-refractivity contribution in [3.8, 4) is 0 Å². The van der Waals surface area contributed by atoms with E-state index in [1.54, 1.807) is 17.7 Å². The van der Waals surface area contributed by atoms with Crippen molar-refractivity contribution in [1.29, 1.82) is 0 Å². The van der Waals surface area contributed by atoms with Gasteiger partial charge in [-0.05, 0) is 31.4 Å². The van der Waals surface area contributed by atoms with Crippen LogP contribution < -0.4 is 0 Å². The van der Waals surface area contributed by atoms with E-state index in [4.69, 9.17) is 11.6 Å². The number of hydrogen-bond donors (Lipinski definition) is 1. The molecule has 2 aromatic rings. The standard InChI is InChI=1S/C14H17ClN2O/c1-14(18,12-5-3-4-6-13(12)15)8-7-11-9-16-17(2)10-11/h3-6,9-10,18H,7-8H2,1-2H3. The van der Waals surface area contributed by atoms with Crippen LogP contribution in [-0.2, 0) is 19.1 Å². The van der Waals surface area contributed by atoms with Gasteiger partial charge in [-0.15, -0.1) is 0 Å². The Labute approximate surface area is 112 Å². The molecular formula is C14H17ClN2O. The van der Waals surface area contributed by atoms with E-state index in [1.165, 1.54) is 0 Å². The van der Waals surface area contributed by atoms with Gasteiger partial charge in [0, 0.05) is 23.8 Å². The Morgan fingerprint density at radius 1 is 1.39 bits per heavy atom. The van der Waals surface area contributed by atoms with Gasteiger partial charge in [0.25, 0.3) is 0 Å². The molecule has 3 nitrogen and oxygen atoms in total. The predicted octanol–water partition coefficient (Wildman–Crippen LogP) is 2.91. The van der Waals surface area contributed by atoms with E-state index in [-0.39, 0.29) is 0 Å². The molecule has 0 aliphatic rings. The number of halogens is 1. The van der Waals surface area contributed by atoms with Crippen LogP contribution in [0.5, 0.6) is 0 Å². The monoisotopic (exact) mass is 264 g/mol. The maximum Gasteiger partial charge on any atom is 0.0886 e. The Bertz CT molecular complexity index is 534. The molecule has 1 aromatic carbocycles. The van der Waals surface area contributed by atoms with Gasteiger partial charge in [-0.3, -0.25) is 4.68 Å². The highest BCUT2D eigenvalue weighted by Crippen LogP contribution is 2.31. The van der Waals surface area contributed by atoms with Gasteiger partial charge in [-0.25, -0.2) is 0 Å². The summed E-state index contributed by atoms with van der Waals surface area (Å²) >= 11 is 6.12. The first-order valence-electron chi connectivity index (χ1n) is 5.94. The summed E-state index contributed by atoms with van der Waals surface area (Å²) in [5.41, 5.74) is 0.967. The molecule has 1 unspecified atom stereocenters. The lowest BCUT2D eigenvalue weighted by molar-refractivity contribution is 0.0481. The summed E-state index contributed by atoms with van der Waals surface area (Å²) in [7, 11) is 1.88. The Hall–Kier alpha value is -1.32. The fourth-order valence-corrected chi connectivity index (χ4v) is 2.36. The van der Waals surface area contributed by atoms with E-state index in [0.29, 0.717) is 11.4 Å². The molecule has 0 fully saturated rings. The van der Waals surface area contributed by atoms with Crippen molar-refractivity contribution in [1.82, 2.24) is 9.78 Å². The van der Waals surface area contributed by atoms with Crippen molar-refractivity contribution < 1.29 is 5.11 Å². The van der Waals surface area contributed by atoms with Crippen LogP contribution in [0.15, 0.2) is 36.7 Å². The van der Waals surface area contributed by atoms with Crippen LogP contribution in [0.1, 0.15) is 24.5 Å². The highest BCUT2D eigenvalue weighted by Gasteiger charge is 2.25. The zero-order valence-electron chi connectivity index (χ0n) is 10.6. The van der Waals surface area contributed by atoms with Crippen LogP contribution in [0.3, 0.4) is 0 Å². The number of aryl methyl sites for hydroxylation is 2. The summed E-state index contributed by atoms with van der Waals surface area (Å²) in [6.07, 6.45) is 5.17. The van der Waals surface area contributed by atoms with Gasteiger partial charge < -0.3 is 5.11 Å². The Morgan fingerprint density at radius 2 is 2.11 bits per heavy atom. The third kappa shape index (κ3) is 2.92. The Balaban J connectivity index is 2.10. The van der Waals surface area contributed by atoms with Gasteiger partial charge in [0.2, 0.25) is 0 Å². The lowest BCUT2D eigenvalue weighted by Crippen LogP contribution is -2.22. The molecule has 18 heavy (non-hydrogen) atoms. The molecule has 1 atom stereocenters. The van der Waals surface area contributed by atoms with Gasteiger partial charge >= 0.3 is 0 Å². The summed E-state index contributed by atoms with van der Waals surface area (Å²) in [5, 5.41) is 15.2. The quantitative estimate of drug-likeness (QED) is 0.922. The predicted molar refractivity (Wildman–Crippen MR) is 72.6 cm³/mol. The van der Waals surface area contributed by atoms with Crippen LogP contribution in [0, 0.1) is 0 Å². The molecule has 0 saturated heterocycles. The zero-order valence-corrected chi connectivity index (χ0v) is 11.4. The molecule has 0 saturated carbocycles. The van der Waals surface area contributed by atoms with Gasteiger partial charge in [-0.1, -0.05) is 29.8 Å². The van der Waals surface area contributed by atoms with Crippen LogP contribution in [-0.4, -0.2) is 14.9 Å². The number of nitrogens with zero attached hydrogens (tertiary/aromatic N) is 2. The number of rotatable bonds is 4. The van der Waals surface area contributed by atoms with E-state index >= 15 is 0 Å². The van der Waals surface area contributed by atoms with E-state index in [9.17, 15) is 5.11 Å². The van der Waals surface area contributed by atoms with Gasteiger partial charge in [0.1, 0.15) is 0 Å². The van der Waals surface area contributed by atoms with Crippen molar-refractivity contribution in [3.05, 3.63) is 52.8 Å². The number of hydrogen-bond acceptors (Lipinski definition) is 2. The summed E-state index contributed by atoms with van der Waals surface area (Å²) in [6.45, 7) is 1.80. The maximum atomic E-state index is 10.5. The average molecular weight is 265 g/mol. The smallest absolute Gasteiger partial charge is 0.0886 e. The summed E-state index contributed by atoms with van der Waals surface area (Å²) in [4.78, 5) is 0. The lowest BCUT2D eigenvalue weighted by atomic mass is 9.90. The minimum Gasteiger partial charge on any atom is -0.385 e. The summed E-state index contributed by atoms with van der Waals surface area (Å²) in [5.74, 6) is 0. The lowest BCUT2D eigenvalue weighted by Gasteiger charge is -2.24. The highest BCUT2D eigenvalue weighted by molar-refractivity contribution is 6.31. The molecule has 1 aromatic heterocycles. The molecule has 0 bridgehead atoms. The fraction of sp³-hybridized carbons (Fsp3) is 0.357. The third-order valence-corrected chi connectivity index (χ3v) is 3.44. The van der Waals surface area contributed by atoms with E-state index < -0.39 is 5.60 Å². The summed E-state index contributed by atoms with van der Waals surface area (Å²) < 4.78 is 1.76. The van der Waals surface area contributed by atoms with Crippen LogP contribution in [0.25, 0.3) is 0 Å². The van der Waals surface area contributed by atoms with E-state index in [0.717, 1.165) is 17.5 Å². The van der Waals surface area contributed by atoms with Gasteiger partial charge in [0.05, 0.1) is 11.8 Å². The number of aliphatic hydroxyl groups is 1. The molecule has 0 radical (unpaired) electrons. The van der Waals surface area contributed by atoms with Crippen molar-refractivity contribution in [2.24, 2.45) is 7.05 Å². The molecule has 0 amide bonds. The third-order valence-electron chi connectivity index (χ3n) is 3.11. The van der Waals surface area contributed by atoms with Crippen molar-refractivity contribution >= 4 is 11.6 Å². The Morgan fingerprint density at radius 3 is 2.72 bits per heavy atom. The Kier molecular flexibility index (Phi) is 3.73. The summed E-state index contributed by atoms with van der Waals surface area (Å²) in [6, 6.07) is 7.42. The van der Waals surface area contributed by atoms with E-state index in [2.05, 4.69) is 5.10 Å². The molecule has 1 heterocycles. The van der Waals surface area contributed by atoms with Crippen LogP contribution in [0.2, 0.25) is 5.02 Å². The second kappa shape index (κ2) is 5.12. The SMILES string of the molecule is Cn1cc(CCC(C)(O)c2ccccc2Cl)cn1. The van der Waals surface area contributed by atoms with E-state index in [1.807, 2.05) is 37.6 Å².